The molecule has 30 heavy (non-hydrogen) atoms. The molecular weight excluding hydrogens is 396 g/mol. The van der Waals surface area contributed by atoms with Crippen LogP contribution in [0.1, 0.15) is 23.1 Å². The summed E-state index contributed by atoms with van der Waals surface area (Å²) < 4.78 is 0. The van der Waals surface area contributed by atoms with Gasteiger partial charge in [0.2, 0.25) is 5.91 Å². The summed E-state index contributed by atoms with van der Waals surface area (Å²) in [6.45, 7) is 9.34. The lowest BCUT2D eigenvalue weighted by Crippen LogP contribution is -2.50. The maximum Gasteiger partial charge on any atom is 0.241 e. The van der Waals surface area contributed by atoms with E-state index in [1.54, 1.807) is 4.90 Å². The van der Waals surface area contributed by atoms with E-state index in [9.17, 15) is 4.79 Å². The Morgan fingerprint density at radius 2 is 1.63 bits per heavy atom. The second kappa shape index (κ2) is 10.6. The zero-order valence-electron chi connectivity index (χ0n) is 17.8. The third kappa shape index (κ3) is 6.30. The molecule has 1 saturated heterocycles. The van der Waals surface area contributed by atoms with Crippen LogP contribution in [0.2, 0.25) is 5.02 Å². The molecule has 6 heteroatoms. The normalized spacial score (nSPS) is 15.0. The first-order chi connectivity index (χ1) is 14.4. The molecule has 0 radical (unpaired) electrons. The zero-order valence-corrected chi connectivity index (χ0v) is 18.5. The van der Waals surface area contributed by atoms with E-state index in [1.807, 2.05) is 38.1 Å². The molecule has 0 saturated carbocycles. The summed E-state index contributed by atoms with van der Waals surface area (Å²) in [5.74, 6) is 0.0569. The molecule has 3 rings (SSSR count). The summed E-state index contributed by atoms with van der Waals surface area (Å²) in [7, 11) is 0. The molecule has 1 fully saturated rings. The van der Waals surface area contributed by atoms with Crippen LogP contribution in [0.4, 0.5) is 5.69 Å². The minimum atomic E-state index is 0.0569. The van der Waals surface area contributed by atoms with Crippen molar-refractivity contribution in [1.29, 1.82) is 5.26 Å². The molecule has 0 aliphatic carbocycles. The predicted octanol–water partition coefficient (Wildman–Crippen LogP) is 4.02. The van der Waals surface area contributed by atoms with Crippen LogP contribution in [0.5, 0.6) is 0 Å². The summed E-state index contributed by atoms with van der Waals surface area (Å²) in [5, 5.41) is 9.78. The Hall–Kier alpha value is -2.39. The molecule has 0 unspecified atom stereocenters. The van der Waals surface area contributed by atoms with Gasteiger partial charge in [0.25, 0.3) is 0 Å². The average Bonchev–Trinajstić information content (AvgIpc) is 2.71. The fourth-order valence-electron chi connectivity index (χ4n) is 3.90. The van der Waals surface area contributed by atoms with E-state index in [0.29, 0.717) is 19.5 Å². The number of nitriles is 1. The highest BCUT2D eigenvalue weighted by Crippen LogP contribution is 2.20. The van der Waals surface area contributed by atoms with E-state index in [2.05, 4.69) is 34.1 Å². The number of amides is 1. The van der Waals surface area contributed by atoms with Crippen molar-refractivity contribution in [3.05, 3.63) is 64.2 Å². The second-order valence-electron chi connectivity index (χ2n) is 7.98. The number of hydrogen-bond acceptors (Lipinski definition) is 4. The van der Waals surface area contributed by atoms with Gasteiger partial charge in [0.05, 0.1) is 19.0 Å². The first kappa shape index (κ1) is 22.3. The maximum atomic E-state index is 13.1. The standard InChI is InChI=1S/C24H29ClN4O/c1-19-14-20(2)16-23(15-19)29(9-3-8-26)24(30)18-28-12-10-27(11-13-28)17-21-4-6-22(25)7-5-21/h4-7,14-16H,3,9-13,17-18H2,1-2H3. The van der Waals surface area contributed by atoms with Crippen LogP contribution in [0.15, 0.2) is 42.5 Å². The topological polar surface area (TPSA) is 50.6 Å². The number of aryl methyl sites for hydroxylation is 2. The maximum absolute atomic E-state index is 13.1. The van der Waals surface area contributed by atoms with Crippen LogP contribution < -0.4 is 4.90 Å². The van der Waals surface area contributed by atoms with Gasteiger partial charge < -0.3 is 4.90 Å². The van der Waals surface area contributed by atoms with Crippen LogP contribution in [0.3, 0.4) is 0 Å². The SMILES string of the molecule is Cc1cc(C)cc(N(CCC#N)C(=O)CN2CCN(Cc3ccc(Cl)cc3)CC2)c1. The molecule has 0 spiro atoms. The lowest BCUT2D eigenvalue weighted by Gasteiger charge is -2.35. The summed E-state index contributed by atoms with van der Waals surface area (Å²) in [5.41, 5.74) is 4.38. The number of nitrogens with zero attached hydrogens (tertiary/aromatic N) is 4. The smallest absolute Gasteiger partial charge is 0.241 e. The van der Waals surface area contributed by atoms with Crippen molar-refractivity contribution in [2.24, 2.45) is 0 Å². The van der Waals surface area contributed by atoms with Gasteiger partial charge in [0.1, 0.15) is 0 Å². The Kier molecular flexibility index (Phi) is 7.87. The quantitative estimate of drug-likeness (QED) is 0.673. The molecule has 0 N–H and O–H groups in total. The minimum Gasteiger partial charge on any atom is -0.310 e. The molecule has 1 heterocycles. The third-order valence-electron chi connectivity index (χ3n) is 5.41. The van der Waals surface area contributed by atoms with Crippen molar-refractivity contribution in [3.63, 3.8) is 0 Å². The first-order valence-corrected chi connectivity index (χ1v) is 10.8. The number of carbonyl (C=O) groups excluding carboxylic acids is 1. The highest BCUT2D eigenvalue weighted by atomic mass is 35.5. The van der Waals surface area contributed by atoms with Gasteiger partial charge in [0, 0.05) is 50.0 Å². The monoisotopic (exact) mass is 424 g/mol. The predicted molar refractivity (Wildman–Crippen MR) is 122 cm³/mol. The Morgan fingerprint density at radius 3 is 2.23 bits per heavy atom. The van der Waals surface area contributed by atoms with Gasteiger partial charge >= 0.3 is 0 Å². The van der Waals surface area contributed by atoms with Crippen LogP contribution >= 0.6 is 11.6 Å². The summed E-state index contributed by atoms with van der Waals surface area (Å²) in [6.07, 6.45) is 0.327. The van der Waals surface area contributed by atoms with Crippen LogP contribution in [-0.2, 0) is 11.3 Å². The highest BCUT2D eigenvalue weighted by Gasteiger charge is 2.23. The highest BCUT2D eigenvalue weighted by molar-refractivity contribution is 6.30. The van der Waals surface area contributed by atoms with E-state index in [4.69, 9.17) is 16.9 Å². The van der Waals surface area contributed by atoms with Gasteiger partial charge in [-0.05, 0) is 54.8 Å². The summed E-state index contributed by atoms with van der Waals surface area (Å²) in [4.78, 5) is 19.5. The van der Waals surface area contributed by atoms with Gasteiger partial charge in [-0.1, -0.05) is 29.8 Å². The first-order valence-electron chi connectivity index (χ1n) is 10.4. The van der Waals surface area contributed by atoms with Gasteiger partial charge in [-0.2, -0.15) is 5.26 Å². The van der Waals surface area contributed by atoms with E-state index >= 15 is 0 Å². The molecule has 1 aliphatic heterocycles. The summed E-state index contributed by atoms with van der Waals surface area (Å²) >= 11 is 5.97. The van der Waals surface area contributed by atoms with Crippen molar-refractivity contribution >= 4 is 23.2 Å². The molecule has 0 bridgehead atoms. The molecule has 1 aliphatic rings. The lowest BCUT2D eigenvalue weighted by atomic mass is 10.1. The Balaban J connectivity index is 1.57. The summed E-state index contributed by atoms with van der Waals surface area (Å²) in [6, 6.07) is 16.3. The number of hydrogen-bond donors (Lipinski definition) is 0. The Labute approximate surface area is 184 Å². The van der Waals surface area contributed by atoms with Crippen LogP contribution in [0.25, 0.3) is 0 Å². The van der Waals surface area contributed by atoms with Gasteiger partial charge in [-0.25, -0.2) is 0 Å². The molecule has 0 atom stereocenters. The molecule has 1 amide bonds. The zero-order chi connectivity index (χ0) is 21.5. The second-order valence-corrected chi connectivity index (χ2v) is 8.41. The Bertz CT molecular complexity index is 878. The molecule has 158 valence electrons. The number of rotatable bonds is 7. The fourth-order valence-corrected chi connectivity index (χ4v) is 4.02. The van der Waals surface area contributed by atoms with Crippen molar-refractivity contribution in [2.75, 3.05) is 44.2 Å². The third-order valence-corrected chi connectivity index (χ3v) is 5.66. The molecular formula is C24H29ClN4O. The minimum absolute atomic E-state index is 0.0569. The average molecular weight is 425 g/mol. The lowest BCUT2D eigenvalue weighted by molar-refractivity contribution is -0.120. The van der Waals surface area contributed by atoms with Gasteiger partial charge in [0.15, 0.2) is 0 Å². The van der Waals surface area contributed by atoms with Gasteiger partial charge in [-0.15, -0.1) is 0 Å². The molecule has 2 aromatic carbocycles. The molecule has 5 nitrogen and oxygen atoms in total. The van der Waals surface area contributed by atoms with E-state index < -0.39 is 0 Å². The van der Waals surface area contributed by atoms with Crippen molar-refractivity contribution < 1.29 is 4.79 Å². The number of anilines is 1. The van der Waals surface area contributed by atoms with E-state index in [0.717, 1.165) is 54.6 Å². The molecule has 0 aromatic heterocycles. The van der Waals surface area contributed by atoms with Crippen LogP contribution in [-0.4, -0.2) is 55.0 Å². The number of carbonyl (C=O) groups is 1. The molecule has 2 aromatic rings. The van der Waals surface area contributed by atoms with Crippen molar-refractivity contribution in [2.45, 2.75) is 26.8 Å². The van der Waals surface area contributed by atoms with Crippen LogP contribution in [0, 0.1) is 25.2 Å². The number of halogens is 1. The number of benzene rings is 2. The van der Waals surface area contributed by atoms with E-state index in [1.165, 1.54) is 5.56 Å². The van der Waals surface area contributed by atoms with E-state index in [-0.39, 0.29) is 5.91 Å². The largest absolute Gasteiger partial charge is 0.310 e. The Morgan fingerprint density at radius 1 is 1.03 bits per heavy atom. The fraction of sp³-hybridized carbons (Fsp3) is 0.417. The number of piperazine rings is 1. The van der Waals surface area contributed by atoms with Crippen molar-refractivity contribution in [1.82, 2.24) is 9.80 Å². The van der Waals surface area contributed by atoms with Gasteiger partial charge in [-0.3, -0.25) is 14.6 Å². The van der Waals surface area contributed by atoms with Crippen molar-refractivity contribution in [3.8, 4) is 6.07 Å².